The summed E-state index contributed by atoms with van der Waals surface area (Å²) in [4.78, 5) is 24.9. The molecular formula is C9H9NO2. The average molecular weight is 163 g/mol. The average Bonchev–Trinajstić information content (AvgIpc) is 2.06. The van der Waals surface area contributed by atoms with Gasteiger partial charge in [0.25, 0.3) is 0 Å². The molecule has 0 atom stereocenters. The van der Waals surface area contributed by atoms with Crippen molar-refractivity contribution in [3.8, 4) is 0 Å². The molecule has 1 heterocycles. The van der Waals surface area contributed by atoms with Gasteiger partial charge in [-0.1, -0.05) is 6.07 Å². The summed E-state index contributed by atoms with van der Waals surface area (Å²) in [6.45, 7) is 0. The minimum Gasteiger partial charge on any atom is -0.303 e. The number of ketones is 1. The number of nitrogens with zero attached hydrogens (tertiary/aromatic N) is 1. The number of hydrogen-bond acceptors (Lipinski definition) is 3. The Hall–Kier alpha value is -1.51. The molecule has 3 heteroatoms. The maximum atomic E-state index is 10.9. The van der Waals surface area contributed by atoms with Crippen LogP contribution in [-0.2, 0) is 16.0 Å². The SMILES string of the molecule is O=CCC(=O)Cc1ccccn1. The molecule has 0 spiro atoms. The molecule has 12 heavy (non-hydrogen) atoms. The second-order valence-electron chi connectivity index (χ2n) is 2.41. The highest BCUT2D eigenvalue weighted by Gasteiger charge is 2.02. The zero-order valence-corrected chi connectivity index (χ0v) is 6.56. The van der Waals surface area contributed by atoms with E-state index in [4.69, 9.17) is 0 Å². The van der Waals surface area contributed by atoms with E-state index in [1.165, 1.54) is 0 Å². The van der Waals surface area contributed by atoms with Gasteiger partial charge in [-0.25, -0.2) is 0 Å². The molecule has 0 saturated carbocycles. The summed E-state index contributed by atoms with van der Waals surface area (Å²) < 4.78 is 0. The molecule has 0 aliphatic heterocycles. The Kier molecular flexibility index (Phi) is 3.14. The zero-order valence-electron chi connectivity index (χ0n) is 6.56. The van der Waals surface area contributed by atoms with Gasteiger partial charge in [0.05, 0.1) is 6.42 Å². The molecule has 0 fully saturated rings. The Morgan fingerprint density at radius 1 is 1.50 bits per heavy atom. The van der Waals surface area contributed by atoms with Gasteiger partial charge < -0.3 is 4.79 Å². The summed E-state index contributed by atoms with van der Waals surface area (Å²) in [5.74, 6) is -0.0938. The summed E-state index contributed by atoms with van der Waals surface area (Å²) in [6.07, 6.45) is 2.48. The van der Waals surface area contributed by atoms with Crippen LogP contribution in [0.5, 0.6) is 0 Å². The summed E-state index contributed by atoms with van der Waals surface area (Å²) in [6, 6.07) is 5.37. The molecule has 0 saturated heterocycles. The number of Topliss-reactive ketones (excluding diaryl/α,β-unsaturated/α-hetero) is 1. The fourth-order valence-electron chi connectivity index (χ4n) is 0.870. The number of hydrogen-bond donors (Lipinski definition) is 0. The summed E-state index contributed by atoms with van der Waals surface area (Å²) in [5, 5.41) is 0. The maximum absolute atomic E-state index is 10.9. The third kappa shape index (κ3) is 2.62. The van der Waals surface area contributed by atoms with Crippen LogP contribution in [0, 0.1) is 0 Å². The van der Waals surface area contributed by atoms with Gasteiger partial charge in [0.15, 0.2) is 0 Å². The number of carbonyl (C=O) groups is 2. The van der Waals surface area contributed by atoms with Crippen LogP contribution < -0.4 is 0 Å². The maximum Gasteiger partial charge on any atom is 0.145 e. The second-order valence-corrected chi connectivity index (χ2v) is 2.41. The highest BCUT2D eigenvalue weighted by molar-refractivity contribution is 5.90. The van der Waals surface area contributed by atoms with Gasteiger partial charge in [-0.15, -0.1) is 0 Å². The number of rotatable bonds is 4. The van der Waals surface area contributed by atoms with Crippen LogP contribution in [0.3, 0.4) is 0 Å². The van der Waals surface area contributed by atoms with Crippen molar-refractivity contribution in [2.24, 2.45) is 0 Å². The fourth-order valence-corrected chi connectivity index (χ4v) is 0.870. The van der Waals surface area contributed by atoms with Gasteiger partial charge in [-0.3, -0.25) is 9.78 Å². The predicted molar refractivity (Wildman–Crippen MR) is 43.6 cm³/mol. The van der Waals surface area contributed by atoms with Crippen molar-refractivity contribution in [1.82, 2.24) is 4.98 Å². The first-order valence-electron chi connectivity index (χ1n) is 3.68. The number of aldehydes is 1. The molecular weight excluding hydrogens is 154 g/mol. The Balaban J connectivity index is 2.52. The lowest BCUT2D eigenvalue weighted by Gasteiger charge is -1.94. The molecule has 1 aromatic heterocycles. The molecule has 0 aliphatic rings. The zero-order chi connectivity index (χ0) is 8.81. The van der Waals surface area contributed by atoms with E-state index in [-0.39, 0.29) is 18.6 Å². The third-order valence-corrected chi connectivity index (χ3v) is 1.42. The fraction of sp³-hybridized carbons (Fsp3) is 0.222. The lowest BCUT2D eigenvalue weighted by Crippen LogP contribution is -2.03. The third-order valence-electron chi connectivity index (χ3n) is 1.42. The predicted octanol–water partition coefficient (Wildman–Crippen LogP) is 0.782. The second kappa shape index (κ2) is 4.38. The van der Waals surface area contributed by atoms with E-state index < -0.39 is 0 Å². The monoisotopic (exact) mass is 163 g/mol. The first-order valence-corrected chi connectivity index (χ1v) is 3.68. The summed E-state index contributed by atoms with van der Waals surface area (Å²) in [5.41, 5.74) is 0.712. The van der Waals surface area contributed by atoms with Crippen molar-refractivity contribution in [3.05, 3.63) is 30.1 Å². The molecule has 0 aromatic carbocycles. The molecule has 0 amide bonds. The van der Waals surface area contributed by atoms with Crippen molar-refractivity contribution >= 4 is 12.1 Å². The van der Waals surface area contributed by atoms with Gasteiger partial charge in [-0.05, 0) is 12.1 Å². The van der Waals surface area contributed by atoms with E-state index in [1.807, 2.05) is 6.07 Å². The number of pyridine rings is 1. The Bertz CT molecular complexity index is 269. The van der Waals surface area contributed by atoms with Crippen LogP contribution >= 0.6 is 0 Å². The first kappa shape index (κ1) is 8.59. The lowest BCUT2D eigenvalue weighted by molar-refractivity contribution is -0.121. The van der Waals surface area contributed by atoms with Crippen LogP contribution in [-0.4, -0.2) is 17.1 Å². The standard InChI is InChI=1S/C9H9NO2/c11-6-4-9(12)7-8-3-1-2-5-10-8/h1-3,5-6H,4,7H2. The van der Waals surface area contributed by atoms with Crippen LogP contribution in [0.25, 0.3) is 0 Å². The van der Waals surface area contributed by atoms with E-state index in [0.717, 1.165) is 0 Å². The molecule has 1 aromatic rings. The van der Waals surface area contributed by atoms with Gasteiger partial charge in [-0.2, -0.15) is 0 Å². The summed E-state index contributed by atoms with van der Waals surface area (Å²) in [7, 11) is 0. The summed E-state index contributed by atoms with van der Waals surface area (Å²) >= 11 is 0. The largest absolute Gasteiger partial charge is 0.303 e. The Morgan fingerprint density at radius 3 is 2.92 bits per heavy atom. The van der Waals surface area contributed by atoms with E-state index in [2.05, 4.69) is 4.98 Å². The van der Waals surface area contributed by atoms with E-state index >= 15 is 0 Å². The van der Waals surface area contributed by atoms with Gasteiger partial charge >= 0.3 is 0 Å². The van der Waals surface area contributed by atoms with Crippen molar-refractivity contribution < 1.29 is 9.59 Å². The van der Waals surface area contributed by atoms with Gasteiger partial charge in [0.2, 0.25) is 0 Å². The van der Waals surface area contributed by atoms with Crippen LogP contribution in [0.15, 0.2) is 24.4 Å². The highest BCUT2D eigenvalue weighted by atomic mass is 16.1. The molecule has 0 unspecified atom stereocenters. The van der Waals surface area contributed by atoms with Crippen molar-refractivity contribution in [3.63, 3.8) is 0 Å². The van der Waals surface area contributed by atoms with Crippen LogP contribution in [0.2, 0.25) is 0 Å². The van der Waals surface area contributed by atoms with Crippen LogP contribution in [0.1, 0.15) is 12.1 Å². The first-order chi connectivity index (χ1) is 5.83. The quantitative estimate of drug-likeness (QED) is 0.486. The molecule has 0 aliphatic carbocycles. The van der Waals surface area contributed by atoms with E-state index in [0.29, 0.717) is 12.0 Å². The normalized spacial score (nSPS) is 9.33. The number of carbonyl (C=O) groups excluding carboxylic acids is 2. The minimum absolute atomic E-state index is 0.0173. The molecule has 1 rings (SSSR count). The van der Waals surface area contributed by atoms with Crippen molar-refractivity contribution in [2.75, 3.05) is 0 Å². The molecule has 62 valence electrons. The molecule has 0 bridgehead atoms. The number of aromatic nitrogens is 1. The Morgan fingerprint density at radius 2 is 2.33 bits per heavy atom. The molecule has 3 nitrogen and oxygen atoms in total. The van der Waals surface area contributed by atoms with Crippen LogP contribution in [0.4, 0.5) is 0 Å². The lowest BCUT2D eigenvalue weighted by atomic mass is 10.2. The Labute approximate surface area is 70.4 Å². The molecule has 0 radical (unpaired) electrons. The molecule has 0 N–H and O–H groups in total. The van der Waals surface area contributed by atoms with Gasteiger partial charge in [0.1, 0.15) is 12.1 Å². The van der Waals surface area contributed by atoms with Crippen molar-refractivity contribution in [2.45, 2.75) is 12.8 Å². The highest BCUT2D eigenvalue weighted by Crippen LogP contribution is 1.96. The topological polar surface area (TPSA) is 47.0 Å². The van der Waals surface area contributed by atoms with Gasteiger partial charge in [0, 0.05) is 18.3 Å². The minimum atomic E-state index is -0.0938. The smallest absolute Gasteiger partial charge is 0.145 e. The van der Waals surface area contributed by atoms with E-state index in [9.17, 15) is 9.59 Å². The van der Waals surface area contributed by atoms with Crippen molar-refractivity contribution in [1.29, 1.82) is 0 Å². The van der Waals surface area contributed by atoms with E-state index in [1.54, 1.807) is 18.3 Å².